The fraction of sp³-hybridized carbons (Fsp3) is 0.533. The molecule has 0 spiro atoms. The minimum Gasteiger partial charge on any atom is -0.376 e. The van der Waals surface area contributed by atoms with Gasteiger partial charge in [0.05, 0.1) is 12.1 Å². The van der Waals surface area contributed by atoms with Crippen LogP contribution in [0.2, 0.25) is 0 Å². The van der Waals surface area contributed by atoms with Crippen molar-refractivity contribution >= 4 is 11.6 Å². The smallest absolute Gasteiger partial charge is 0.376 e. The number of anilines is 1. The predicted octanol–water partition coefficient (Wildman–Crippen LogP) is 3.67. The number of nitrogens with one attached hydrogen (secondary N) is 2. The van der Waals surface area contributed by atoms with Gasteiger partial charge in [-0.3, -0.25) is 4.79 Å². The lowest BCUT2D eigenvalue weighted by molar-refractivity contribution is -0.137. The molecule has 21 heavy (non-hydrogen) atoms. The van der Waals surface area contributed by atoms with Crippen LogP contribution in [-0.2, 0) is 11.0 Å². The Morgan fingerprint density at radius 1 is 1.19 bits per heavy atom. The lowest BCUT2D eigenvalue weighted by Gasteiger charge is -2.18. The van der Waals surface area contributed by atoms with Crippen LogP contribution in [0, 0.1) is 5.41 Å². The quantitative estimate of drug-likeness (QED) is 0.871. The van der Waals surface area contributed by atoms with Crippen LogP contribution in [0.4, 0.5) is 18.9 Å². The zero-order chi connectivity index (χ0) is 16.1. The van der Waals surface area contributed by atoms with Crippen molar-refractivity contribution in [3.63, 3.8) is 0 Å². The van der Waals surface area contributed by atoms with Gasteiger partial charge in [-0.25, -0.2) is 0 Å². The number of carbonyl (C=O) groups excluding carboxylic acids is 1. The van der Waals surface area contributed by atoms with Gasteiger partial charge in [0.1, 0.15) is 0 Å². The molecule has 0 aliphatic rings. The first-order valence-corrected chi connectivity index (χ1v) is 6.76. The second-order valence-corrected chi connectivity index (χ2v) is 6.09. The van der Waals surface area contributed by atoms with Gasteiger partial charge in [-0.15, -0.1) is 0 Å². The average molecular weight is 302 g/mol. The largest absolute Gasteiger partial charge is 0.416 e. The van der Waals surface area contributed by atoms with Crippen molar-refractivity contribution in [2.75, 3.05) is 18.4 Å². The van der Waals surface area contributed by atoms with Crippen LogP contribution < -0.4 is 10.6 Å². The molecule has 1 rings (SSSR count). The van der Waals surface area contributed by atoms with Crippen LogP contribution in [0.5, 0.6) is 0 Å². The molecule has 0 fully saturated rings. The number of halogens is 3. The molecule has 6 heteroatoms. The molecule has 1 aromatic carbocycles. The SMILES string of the molecule is CC(C)(C)CCNC(=O)CNc1cccc(C(F)(F)F)c1. The molecule has 0 heterocycles. The molecule has 0 atom stereocenters. The summed E-state index contributed by atoms with van der Waals surface area (Å²) in [6.45, 7) is 6.71. The Kier molecular flexibility index (Phi) is 5.63. The molecule has 2 N–H and O–H groups in total. The molecule has 0 aliphatic carbocycles. The third kappa shape index (κ3) is 7.02. The van der Waals surface area contributed by atoms with Crippen molar-refractivity contribution in [1.29, 1.82) is 0 Å². The van der Waals surface area contributed by atoms with E-state index in [1.54, 1.807) is 0 Å². The number of hydrogen-bond acceptors (Lipinski definition) is 2. The van der Waals surface area contributed by atoms with Crippen LogP contribution >= 0.6 is 0 Å². The van der Waals surface area contributed by atoms with Gasteiger partial charge in [0.15, 0.2) is 0 Å². The molecular weight excluding hydrogens is 281 g/mol. The van der Waals surface area contributed by atoms with Gasteiger partial charge in [0.2, 0.25) is 5.91 Å². The standard InChI is InChI=1S/C15H21F3N2O/c1-14(2,3)7-8-19-13(21)10-20-12-6-4-5-11(9-12)15(16,17)18/h4-6,9,20H,7-8,10H2,1-3H3,(H,19,21). The molecule has 0 saturated heterocycles. The second-order valence-electron chi connectivity index (χ2n) is 6.09. The highest BCUT2D eigenvalue weighted by Gasteiger charge is 2.30. The Bertz CT molecular complexity index is 479. The monoisotopic (exact) mass is 302 g/mol. The maximum absolute atomic E-state index is 12.5. The Balaban J connectivity index is 2.43. The summed E-state index contributed by atoms with van der Waals surface area (Å²) >= 11 is 0. The fourth-order valence-electron chi connectivity index (χ4n) is 1.63. The first-order chi connectivity index (χ1) is 9.58. The van der Waals surface area contributed by atoms with E-state index in [1.807, 2.05) is 0 Å². The Hall–Kier alpha value is -1.72. The first-order valence-electron chi connectivity index (χ1n) is 6.76. The van der Waals surface area contributed by atoms with E-state index >= 15 is 0 Å². The number of amides is 1. The molecule has 0 unspecified atom stereocenters. The van der Waals surface area contributed by atoms with E-state index < -0.39 is 11.7 Å². The summed E-state index contributed by atoms with van der Waals surface area (Å²) in [5.41, 5.74) is -0.335. The molecule has 0 bridgehead atoms. The highest BCUT2D eigenvalue weighted by Crippen LogP contribution is 2.30. The van der Waals surface area contributed by atoms with Crippen molar-refractivity contribution in [3.8, 4) is 0 Å². The lowest BCUT2D eigenvalue weighted by Crippen LogP contribution is -2.32. The van der Waals surface area contributed by atoms with Crippen molar-refractivity contribution in [2.24, 2.45) is 5.41 Å². The maximum atomic E-state index is 12.5. The van der Waals surface area contributed by atoms with E-state index in [1.165, 1.54) is 12.1 Å². The molecule has 1 aromatic rings. The summed E-state index contributed by atoms with van der Waals surface area (Å²) in [6, 6.07) is 4.79. The van der Waals surface area contributed by atoms with Gasteiger partial charge < -0.3 is 10.6 Å². The zero-order valence-electron chi connectivity index (χ0n) is 12.5. The Morgan fingerprint density at radius 2 is 1.86 bits per heavy atom. The summed E-state index contributed by atoms with van der Waals surface area (Å²) < 4.78 is 37.6. The molecule has 118 valence electrons. The minimum absolute atomic E-state index is 0.0501. The molecule has 0 saturated carbocycles. The first kappa shape index (κ1) is 17.3. The van der Waals surface area contributed by atoms with E-state index in [2.05, 4.69) is 31.4 Å². The molecule has 0 aliphatic heterocycles. The Labute approximate surface area is 122 Å². The summed E-state index contributed by atoms with van der Waals surface area (Å²) in [6.07, 6.45) is -3.55. The van der Waals surface area contributed by atoms with Crippen LogP contribution in [0.1, 0.15) is 32.8 Å². The van der Waals surface area contributed by atoms with E-state index in [4.69, 9.17) is 0 Å². The van der Waals surface area contributed by atoms with Gasteiger partial charge in [-0.2, -0.15) is 13.2 Å². The summed E-state index contributed by atoms with van der Waals surface area (Å²) in [5.74, 6) is -0.239. The van der Waals surface area contributed by atoms with Crippen LogP contribution in [0.25, 0.3) is 0 Å². The average Bonchev–Trinajstić information content (AvgIpc) is 2.34. The third-order valence-corrected chi connectivity index (χ3v) is 2.84. The predicted molar refractivity (Wildman–Crippen MR) is 77.0 cm³/mol. The van der Waals surface area contributed by atoms with Crippen molar-refractivity contribution < 1.29 is 18.0 Å². The van der Waals surface area contributed by atoms with Crippen LogP contribution in [0.15, 0.2) is 24.3 Å². The number of benzene rings is 1. The lowest BCUT2D eigenvalue weighted by atomic mass is 9.92. The van der Waals surface area contributed by atoms with Crippen molar-refractivity contribution in [3.05, 3.63) is 29.8 Å². The van der Waals surface area contributed by atoms with Gasteiger partial charge in [-0.1, -0.05) is 26.8 Å². The third-order valence-electron chi connectivity index (χ3n) is 2.84. The van der Waals surface area contributed by atoms with E-state index in [9.17, 15) is 18.0 Å². The van der Waals surface area contributed by atoms with Gasteiger partial charge in [0.25, 0.3) is 0 Å². The summed E-state index contributed by atoms with van der Waals surface area (Å²) in [7, 11) is 0. The van der Waals surface area contributed by atoms with E-state index in [0.29, 0.717) is 6.54 Å². The number of carbonyl (C=O) groups is 1. The summed E-state index contributed by atoms with van der Waals surface area (Å²) in [4.78, 5) is 11.6. The maximum Gasteiger partial charge on any atom is 0.416 e. The van der Waals surface area contributed by atoms with Gasteiger partial charge in [0, 0.05) is 12.2 Å². The topological polar surface area (TPSA) is 41.1 Å². The molecular formula is C15H21F3N2O. The van der Waals surface area contributed by atoms with Gasteiger partial charge in [-0.05, 0) is 30.0 Å². The fourth-order valence-corrected chi connectivity index (χ4v) is 1.63. The highest BCUT2D eigenvalue weighted by molar-refractivity contribution is 5.80. The van der Waals surface area contributed by atoms with Crippen LogP contribution in [0.3, 0.4) is 0 Å². The number of hydrogen-bond donors (Lipinski definition) is 2. The molecule has 0 aromatic heterocycles. The zero-order valence-corrected chi connectivity index (χ0v) is 12.5. The van der Waals surface area contributed by atoms with Crippen molar-refractivity contribution in [2.45, 2.75) is 33.4 Å². The van der Waals surface area contributed by atoms with E-state index in [0.717, 1.165) is 18.6 Å². The van der Waals surface area contributed by atoms with Gasteiger partial charge >= 0.3 is 6.18 Å². The second kappa shape index (κ2) is 6.83. The normalized spacial score (nSPS) is 12.1. The highest BCUT2D eigenvalue weighted by atomic mass is 19.4. The van der Waals surface area contributed by atoms with E-state index in [-0.39, 0.29) is 23.6 Å². The summed E-state index contributed by atoms with van der Waals surface area (Å²) in [5, 5.41) is 5.42. The number of rotatable bonds is 5. The van der Waals surface area contributed by atoms with Crippen molar-refractivity contribution in [1.82, 2.24) is 5.32 Å². The molecule has 1 amide bonds. The van der Waals surface area contributed by atoms with Crippen LogP contribution in [-0.4, -0.2) is 19.0 Å². The Morgan fingerprint density at radius 3 is 2.43 bits per heavy atom. The number of alkyl halides is 3. The molecule has 0 radical (unpaired) electrons. The molecule has 3 nitrogen and oxygen atoms in total. The minimum atomic E-state index is -4.38.